The summed E-state index contributed by atoms with van der Waals surface area (Å²) in [5.74, 6) is 0.775. The molecule has 2 unspecified atom stereocenters. The van der Waals surface area contributed by atoms with E-state index in [9.17, 15) is 0 Å². The van der Waals surface area contributed by atoms with Crippen molar-refractivity contribution in [1.82, 2.24) is 0 Å². The first kappa shape index (κ1) is 26.0. The molecule has 2 atom stereocenters. The molecule has 0 aliphatic carbocycles. The molecule has 182 valence electrons. The van der Waals surface area contributed by atoms with E-state index in [1.807, 2.05) is 0 Å². The minimum atomic E-state index is 0.287. The van der Waals surface area contributed by atoms with Gasteiger partial charge in [-0.15, -0.1) is 0 Å². The van der Waals surface area contributed by atoms with Crippen molar-refractivity contribution in [3.05, 3.63) is 59.7 Å². The third-order valence-electron chi connectivity index (χ3n) is 7.47. The standard InChI is InChI=1S/C32H48O/c1-3-5-7-9-11-13-15-28-18-25-32(33-26-28)31-23-21-30(22-24-31)29-19-16-27(17-20-29)14-12-10-8-6-4-2/h16-17,19-24,28,32H,3-15,18,25-26H2,1-2H3. The lowest BCUT2D eigenvalue weighted by Gasteiger charge is -2.29. The van der Waals surface area contributed by atoms with Crippen LogP contribution in [0.5, 0.6) is 0 Å². The van der Waals surface area contributed by atoms with Gasteiger partial charge in [-0.25, -0.2) is 0 Å². The second kappa shape index (κ2) is 15.3. The van der Waals surface area contributed by atoms with Crippen LogP contribution in [0.1, 0.15) is 121 Å². The van der Waals surface area contributed by atoms with E-state index in [0.29, 0.717) is 0 Å². The molecule has 1 aliphatic rings. The van der Waals surface area contributed by atoms with Crippen molar-refractivity contribution in [1.29, 1.82) is 0 Å². The maximum Gasteiger partial charge on any atom is 0.0825 e. The van der Waals surface area contributed by atoms with Crippen molar-refractivity contribution >= 4 is 0 Å². The highest BCUT2D eigenvalue weighted by atomic mass is 16.5. The molecule has 1 heterocycles. The zero-order valence-corrected chi connectivity index (χ0v) is 21.5. The van der Waals surface area contributed by atoms with Crippen LogP contribution >= 0.6 is 0 Å². The summed E-state index contributed by atoms with van der Waals surface area (Å²) in [6, 6.07) is 18.3. The average molecular weight is 449 g/mol. The van der Waals surface area contributed by atoms with Crippen molar-refractivity contribution in [3.8, 4) is 11.1 Å². The minimum absolute atomic E-state index is 0.287. The number of ether oxygens (including phenoxy) is 1. The van der Waals surface area contributed by atoms with Gasteiger partial charge in [0.05, 0.1) is 12.7 Å². The van der Waals surface area contributed by atoms with E-state index in [0.717, 1.165) is 12.5 Å². The van der Waals surface area contributed by atoms with Gasteiger partial charge in [-0.2, -0.15) is 0 Å². The van der Waals surface area contributed by atoms with Gasteiger partial charge in [0, 0.05) is 0 Å². The highest BCUT2D eigenvalue weighted by Gasteiger charge is 2.22. The molecule has 33 heavy (non-hydrogen) atoms. The average Bonchev–Trinajstić information content (AvgIpc) is 2.87. The van der Waals surface area contributed by atoms with Crippen LogP contribution in [0, 0.1) is 5.92 Å². The highest BCUT2D eigenvalue weighted by Crippen LogP contribution is 2.33. The molecule has 0 bridgehead atoms. The van der Waals surface area contributed by atoms with Gasteiger partial charge in [0.1, 0.15) is 0 Å². The fourth-order valence-corrected chi connectivity index (χ4v) is 5.20. The molecule has 1 heteroatoms. The summed E-state index contributed by atoms with van der Waals surface area (Å²) in [7, 11) is 0. The zero-order valence-electron chi connectivity index (χ0n) is 21.5. The largest absolute Gasteiger partial charge is 0.373 e. The van der Waals surface area contributed by atoms with Crippen molar-refractivity contribution in [3.63, 3.8) is 0 Å². The summed E-state index contributed by atoms with van der Waals surface area (Å²) in [6.45, 7) is 5.51. The van der Waals surface area contributed by atoms with Gasteiger partial charge in [0.15, 0.2) is 0 Å². The molecular weight excluding hydrogens is 400 g/mol. The highest BCUT2D eigenvalue weighted by molar-refractivity contribution is 5.64. The first-order valence-electron chi connectivity index (χ1n) is 14.1. The van der Waals surface area contributed by atoms with E-state index in [1.54, 1.807) is 0 Å². The van der Waals surface area contributed by atoms with Crippen LogP contribution in [0.3, 0.4) is 0 Å². The van der Waals surface area contributed by atoms with E-state index < -0.39 is 0 Å². The normalized spacial score (nSPS) is 18.5. The van der Waals surface area contributed by atoms with Gasteiger partial charge in [0.2, 0.25) is 0 Å². The van der Waals surface area contributed by atoms with Gasteiger partial charge in [-0.3, -0.25) is 0 Å². The molecule has 3 rings (SSSR count). The Kier molecular flexibility index (Phi) is 12.1. The number of hydrogen-bond donors (Lipinski definition) is 0. The zero-order chi connectivity index (χ0) is 23.1. The van der Waals surface area contributed by atoms with Gasteiger partial charge in [-0.1, -0.05) is 127 Å². The smallest absolute Gasteiger partial charge is 0.0825 e. The van der Waals surface area contributed by atoms with Crippen LogP contribution < -0.4 is 0 Å². The maximum atomic E-state index is 6.30. The van der Waals surface area contributed by atoms with Crippen molar-refractivity contribution < 1.29 is 4.74 Å². The van der Waals surface area contributed by atoms with Crippen LogP contribution in [0.2, 0.25) is 0 Å². The van der Waals surface area contributed by atoms with Gasteiger partial charge < -0.3 is 4.74 Å². The molecule has 1 saturated heterocycles. The van der Waals surface area contributed by atoms with Crippen molar-refractivity contribution in [2.75, 3.05) is 6.61 Å². The third kappa shape index (κ3) is 9.28. The van der Waals surface area contributed by atoms with Crippen molar-refractivity contribution in [2.45, 2.75) is 116 Å². The fraction of sp³-hybridized carbons (Fsp3) is 0.625. The lowest BCUT2D eigenvalue weighted by Crippen LogP contribution is -2.20. The second-order valence-corrected chi connectivity index (χ2v) is 10.3. The van der Waals surface area contributed by atoms with Gasteiger partial charge >= 0.3 is 0 Å². The molecule has 0 spiro atoms. The van der Waals surface area contributed by atoms with E-state index in [-0.39, 0.29) is 6.10 Å². The Labute approximate surface area is 204 Å². The predicted molar refractivity (Wildman–Crippen MR) is 144 cm³/mol. The van der Waals surface area contributed by atoms with Crippen LogP contribution in [0.4, 0.5) is 0 Å². The first-order valence-corrected chi connectivity index (χ1v) is 14.1. The Hall–Kier alpha value is -1.60. The molecule has 1 nitrogen and oxygen atoms in total. The summed E-state index contributed by atoms with van der Waals surface area (Å²) in [5.41, 5.74) is 5.45. The fourth-order valence-electron chi connectivity index (χ4n) is 5.20. The Bertz CT molecular complexity index is 737. The van der Waals surface area contributed by atoms with E-state index in [1.165, 1.54) is 119 Å². The summed E-state index contributed by atoms with van der Waals surface area (Å²) in [6.07, 6.45) is 20.5. The lowest BCUT2D eigenvalue weighted by molar-refractivity contribution is -0.0199. The number of rotatable bonds is 15. The molecule has 0 N–H and O–H groups in total. The Morgan fingerprint density at radius 2 is 1.21 bits per heavy atom. The predicted octanol–water partition coefficient (Wildman–Crippen LogP) is 10.1. The molecule has 0 radical (unpaired) electrons. The van der Waals surface area contributed by atoms with E-state index in [2.05, 4.69) is 62.4 Å². The summed E-state index contributed by atoms with van der Waals surface area (Å²) in [4.78, 5) is 0. The minimum Gasteiger partial charge on any atom is -0.373 e. The number of aryl methyl sites for hydroxylation is 1. The molecule has 0 saturated carbocycles. The Morgan fingerprint density at radius 3 is 1.82 bits per heavy atom. The van der Waals surface area contributed by atoms with E-state index in [4.69, 9.17) is 4.74 Å². The van der Waals surface area contributed by atoms with Gasteiger partial charge in [0.25, 0.3) is 0 Å². The van der Waals surface area contributed by atoms with Crippen LogP contribution in [-0.4, -0.2) is 6.61 Å². The molecule has 1 fully saturated rings. The number of unbranched alkanes of at least 4 members (excludes halogenated alkanes) is 9. The van der Waals surface area contributed by atoms with Crippen LogP contribution in [-0.2, 0) is 11.2 Å². The van der Waals surface area contributed by atoms with Crippen LogP contribution in [0.15, 0.2) is 48.5 Å². The SMILES string of the molecule is CCCCCCCCC1CCC(c2ccc(-c3ccc(CCCCCCC)cc3)cc2)OC1. The maximum absolute atomic E-state index is 6.30. The first-order chi connectivity index (χ1) is 16.3. The molecule has 0 amide bonds. The summed E-state index contributed by atoms with van der Waals surface area (Å²) >= 11 is 0. The molecule has 0 aromatic heterocycles. The Balaban J connectivity index is 1.39. The Morgan fingerprint density at radius 1 is 0.636 bits per heavy atom. The van der Waals surface area contributed by atoms with E-state index >= 15 is 0 Å². The number of benzene rings is 2. The molecular formula is C32H48O. The summed E-state index contributed by atoms with van der Waals surface area (Å²) in [5, 5.41) is 0. The molecule has 2 aromatic carbocycles. The summed E-state index contributed by atoms with van der Waals surface area (Å²) < 4.78 is 6.30. The number of hydrogen-bond acceptors (Lipinski definition) is 1. The van der Waals surface area contributed by atoms with Gasteiger partial charge in [-0.05, 0) is 60.3 Å². The topological polar surface area (TPSA) is 9.23 Å². The quantitative estimate of drug-likeness (QED) is 0.246. The lowest BCUT2D eigenvalue weighted by atomic mass is 9.90. The van der Waals surface area contributed by atoms with Crippen molar-refractivity contribution in [2.24, 2.45) is 5.92 Å². The van der Waals surface area contributed by atoms with Crippen LogP contribution in [0.25, 0.3) is 11.1 Å². The second-order valence-electron chi connectivity index (χ2n) is 10.3. The third-order valence-corrected chi connectivity index (χ3v) is 7.47. The molecule has 2 aromatic rings. The monoisotopic (exact) mass is 448 g/mol. The molecule has 1 aliphatic heterocycles.